The van der Waals surface area contributed by atoms with E-state index >= 15 is 0 Å². The largest absolute Gasteiger partial charge is 0.490 e. The highest BCUT2D eigenvalue weighted by Gasteiger charge is 2.38. The van der Waals surface area contributed by atoms with Crippen LogP contribution < -0.4 is 5.32 Å². The predicted octanol–water partition coefficient (Wildman–Crippen LogP) is 3.94. The smallest absolute Gasteiger partial charge is 0.475 e. The zero-order valence-electron chi connectivity index (χ0n) is 19.4. The minimum absolute atomic E-state index is 0.141. The number of nitrogens with zero attached hydrogens (tertiary/aromatic N) is 4. The van der Waals surface area contributed by atoms with Gasteiger partial charge in [0.2, 0.25) is 0 Å². The highest BCUT2D eigenvalue weighted by molar-refractivity contribution is 5.95. The number of carboxylic acid groups (broad SMARTS) is 1. The second-order valence-electron chi connectivity index (χ2n) is 8.10. The van der Waals surface area contributed by atoms with Crippen molar-refractivity contribution < 1.29 is 32.3 Å². The predicted molar refractivity (Wildman–Crippen MR) is 124 cm³/mol. The maximum absolute atomic E-state index is 13.0. The molecule has 0 unspecified atom stereocenters. The molecule has 0 fully saturated rings. The zero-order chi connectivity index (χ0) is 26.4. The van der Waals surface area contributed by atoms with Gasteiger partial charge < -0.3 is 14.8 Å². The van der Waals surface area contributed by atoms with Crippen molar-refractivity contribution in [2.75, 3.05) is 0 Å². The number of nitrogens with one attached hydrogen (secondary N) is 1. The van der Waals surface area contributed by atoms with Gasteiger partial charge in [0.1, 0.15) is 5.76 Å². The Labute approximate surface area is 209 Å². The minimum atomic E-state index is -5.08. The Morgan fingerprint density at radius 2 is 1.81 bits per heavy atom. The minimum Gasteiger partial charge on any atom is -0.475 e. The van der Waals surface area contributed by atoms with Crippen molar-refractivity contribution in [3.63, 3.8) is 0 Å². The quantitative estimate of drug-likeness (QED) is 0.416. The van der Waals surface area contributed by atoms with Crippen molar-refractivity contribution in [1.82, 2.24) is 25.0 Å². The highest BCUT2D eigenvalue weighted by Crippen LogP contribution is 2.26. The Hall–Kier alpha value is -4.45. The number of fused-ring (bicyclic) bond motifs is 3. The summed E-state index contributed by atoms with van der Waals surface area (Å²) >= 11 is 0. The van der Waals surface area contributed by atoms with E-state index in [1.165, 1.54) is 0 Å². The van der Waals surface area contributed by atoms with Crippen LogP contribution in [0, 0.1) is 0 Å². The van der Waals surface area contributed by atoms with E-state index in [0.717, 1.165) is 28.4 Å². The molecule has 2 N–H and O–H groups in total. The molecule has 0 aliphatic carbocycles. The van der Waals surface area contributed by atoms with Crippen LogP contribution in [0.1, 0.15) is 32.9 Å². The van der Waals surface area contributed by atoms with Crippen molar-refractivity contribution in [2.24, 2.45) is 0 Å². The number of aromatic nitrogens is 3. The molecule has 1 aromatic carbocycles. The molecule has 192 valence electrons. The van der Waals surface area contributed by atoms with E-state index in [1.807, 2.05) is 54.6 Å². The fourth-order valence-electron chi connectivity index (χ4n) is 3.76. The molecular formula is C25H22F3N5O4. The number of hydrogen-bond donors (Lipinski definition) is 2. The summed E-state index contributed by atoms with van der Waals surface area (Å²) in [5.74, 6) is -1.26. The molecule has 3 aromatic heterocycles. The summed E-state index contributed by atoms with van der Waals surface area (Å²) in [7, 11) is 0. The summed E-state index contributed by atoms with van der Waals surface area (Å²) in [6, 6.07) is 17.7. The van der Waals surface area contributed by atoms with E-state index in [4.69, 9.17) is 14.3 Å². The van der Waals surface area contributed by atoms with Crippen LogP contribution in [0.4, 0.5) is 13.2 Å². The summed E-state index contributed by atoms with van der Waals surface area (Å²) in [6.07, 6.45) is -0.0263. The number of alkyl halides is 3. The van der Waals surface area contributed by atoms with Crippen LogP contribution in [-0.2, 0) is 31.0 Å². The first kappa shape index (κ1) is 25.6. The first-order valence-corrected chi connectivity index (χ1v) is 11.1. The molecule has 9 nitrogen and oxygen atoms in total. The average molecular weight is 513 g/mol. The van der Waals surface area contributed by atoms with Crippen molar-refractivity contribution in [2.45, 2.75) is 32.4 Å². The maximum Gasteiger partial charge on any atom is 0.490 e. The van der Waals surface area contributed by atoms with Crippen LogP contribution in [0.3, 0.4) is 0 Å². The Balaban J connectivity index is 0.000000405. The van der Waals surface area contributed by atoms with Crippen LogP contribution in [0.5, 0.6) is 0 Å². The van der Waals surface area contributed by atoms with E-state index < -0.39 is 12.1 Å². The van der Waals surface area contributed by atoms with Gasteiger partial charge in [-0.3, -0.25) is 9.69 Å². The molecule has 37 heavy (non-hydrogen) atoms. The summed E-state index contributed by atoms with van der Waals surface area (Å²) in [4.78, 5) is 28.6. The van der Waals surface area contributed by atoms with Gasteiger partial charge in [0, 0.05) is 31.4 Å². The lowest BCUT2D eigenvalue weighted by atomic mass is 10.2. The summed E-state index contributed by atoms with van der Waals surface area (Å²) in [5, 5.41) is 14.6. The van der Waals surface area contributed by atoms with E-state index in [2.05, 4.69) is 20.3 Å². The first-order valence-electron chi connectivity index (χ1n) is 11.1. The monoisotopic (exact) mass is 513 g/mol. The molecule has 0 atom stereocenters. The van der Waals surface area contributed by atoms with Gasteiger partial charge in [-0.2, -0.15) is 18.3 Å². The lowest BCUT2D eigenvalue weighted by molar-refractivity contribution is -0.192. The number of benzene rings is 1. The third-order valence-electron chi connectivity index (χ3n) is 5.45. The van der Waals surface area contributed by atoms with Gasteiger partial charge >= 0.3 is 12.1 Å². The second-order valence-corrected chi connectivity index (χ2v) is 8.10. The number of aliphatic carboxylic acids is 1. The fraction of sp³-hybridized carbons (Fsp3) is 0.200. The SMILES string of the molecule is O=C(NCc1ccccc1)c1cnn2c1CN(Cc1ccco1)Cc1cccnc1-2.O=C(O)C(F)(F)F. The van der Waals surface area contributed by atoms with Crippen molar-refractivity contribution in [3.05, 3.63) is 101 Å². The van der Waals surface area contributed by atoms with Gasteiger partial charge in [0.25, 0.3) is 5.91 Å². The molecule has 5 rings (SSSR count). The third-order valence-corrected chi connectivity index (χ3v) is 5.45. The van der Waals surface area contributed by atoms with Gasteiger partial charge in [-0.25, -0.2) is 14.5 Å². The van der Waals surface area contributed by atoms with Gasteiger partial charge in [0.15, 0.2) is 5.82 Å². The van der Waals surface area contributed by atoms with Gasteiger partial charge in [-0.1, -0.05) is 36.4 Å². The molecule has 12 heteroatoms. The fourth-order valence-corrected chi connectivity index (χ4v) is 3.76. The number of hydrogen-bond acceptors (Lipinski definition) is 6. The summed E-state index contributed by atoms with van der Waals surface area (Å²) in [5.41, 5.74) is 3.50. The maximum atomic E-state index is 13.0. The molecule has 0 saturated heterocycles. The number of carbonyl (C=O) groups excluding carboxylic acids is 1. The lowest BCUT2D eigenvalue weighted by Crippen LogP contribution is -2.26. The topological polar surface area (TPSA) is 113 Å². The van der Waals surface area contributed by atoms with Gasteiger partial charge in [0.05, 0.1) is 30.3 Å². The van der Waals surface area contributed by atoms with E-state index in [1.54, 1.807) is 23.3 Å². The number of carboxylic acids is 1. The van der Waals surface area contributed by atoms with Gasteiger partial charge in [-0.15, -0.1) is 0 Å². The van der Waals surface area contributed by atoms with Crippen molar-refractivity contribution >= 4 is 11.9 Å². The first-order chi connectivity index (χ1) is 17.7. The van der Waals surface area contributed by atoms with Crippen LogP contribution in [0.15, 0.2) is 77.7 Å². The highest BCUT2D eigenvalue weighted by atomic mass is 19.4. The number of carbonyl (C=O) groups is 2. The summed E-state index contributed by atoms with van der Waals surface area (Å²) < 4.78 is 39.1. The normalized spacial score (nSPS) is 12.9. The summed E-state index contributed by atoms with van der Waals surface area (Å²) in [6.45, 7) is 2.36. The molecule has 1 amide bonds. The van der Waals surface area contributed by atoms with Crippen LogP contribution in [0.25, 0.3) is 5.82 Å². The number of furan rings is 1. The number of rotatable bonds is 5. The third kappa shape index (κ3) is 6.41. The number of pyridine rings is 1. The molecule has 4 aromatic rings. The van der Waals surface area contributed by atoms with E-state index in [9.17, 15) is 18.0 Å². The van der Waals surface area contributed by atoms with Crippen LogP contribution in [-0.4, -0.2) is 42.8 Å². The molecule has 1 aliphatic rings. The molecule has 1 aliphatic heterocycles. The number of amides is 1. The molecule has 4 heterocycles. The van der Waals surface area contributed by atoms with Crippen LogP contribution >= 0.6 is 0 Å². The molecule has 0 saturated carbocycles. The Kier molecular flexibility index (Phi) is 7.68. The lowest BCUT2D eigenvalue weighted by Gasteiger charge is -2.19. The zero-order valence-corrected chi connectivity index (χ0v) is 19.4. The standard InChI is InChI=1S/C23H21N5O2.C2HF3O2/c29-23(25-12-17-6-2-1-3-7-17)20-13-26-28-21(20)16-27(15-19-9-5-11-30-19)14-18-8-4-10-24-22(18)28;3-2(4,5)1(6)7/h1-11,13H,12,14-16H2,(H,25,29);(H,6,7). The van der Waals surface area contributed by atoms with Crippen molar-refractivity contribution in [3.8, 4) is 5.82 Å². The van der Waals surface area contributed by atoms with Crippen molar-refractivity contribution in [1.29, 1.82) is 0 Å². The average Bonchev–Trinajstić information content (AvgIpc) is 3.50. The molecule has 0 spiro atoms. The Bertz CT molecular complexity index is 1350. The molecule has 0 radical (unpaired) electrons. The number of halogens is 3. The second kappa shape index (κ2) is 11.1. The van der Waals surface area contributed by atoms with E-state index in [0.29, 0.717) is 31.7 Å². The Morgan fingerprint density at radius 3 is 2.49 bits per heavy atom. The van der Waals surface area contributed by atoms with Gasteiger partial charge in [-0.05, 0) is 23.8 Å². The molecular weight excluding hydrogens is 491 g/mol. The van der Waals surface area contributed by atoms with E-state index in [-0.39, 0.29) is 5.91 Å². The Morgan fingerprint density at radius 1 is 1.05 bits per heavy atom. The van der Waals surface area contributed by atoms with Crippen LogP contribution in [0.2, 0.25) is 0 Å². The molecule has 0 bridgehead atoms.